The number of halogens is 2. The molecule has 146 valence electrons. The summed E-state index contributed by atoms with van der Waals surface area (Å²) in [6, 6.07) is 7.43. The van der Waals surface area contributed by atoms with Crippen LogP contribution in [0.25, 0.3) is 11.0 Å². The minimum absolute atomic E-state index is 0.0406. The number of sulfonamides is 1. The van der Waals surface area contributed by atoms with E-state index in [0.717, 1.165) is 29.9 Å². The van der Waals surface area contributed by atoms with Gasteiger partial charge in [0.05, 0.1) is 17.3 Å². The molecule has 0 aliphatic carbocycles. The van der Waals surface area contributed by atoms with Crippen LogP contribution < -0.4 is 0 Å². The van der Waals surface area contributed by atoms with Gasteiger partial charge in [-0.05, 0) is 30.3 Å². The molecular weight excluding hydrogens is 410 g/mol. The fourth-order valence-electron chi connectivity index (χ4n) is 3.09. The zero-order chi connectivity index (χ0) is 19.9. The Hall–Kier alpha value is -2.50. The molecule has 0 radical (unpaired) electrons. The van der Waals surface area contributed by atoms with E-state index >= 15 is 0 Å². The second-order valence-electron chi connectivity index (χ2n) is 6.21. The lowest BCUT2D eigenvalue weighted by Crippen LogP contribution is -2.50. The highest BCUT2D eigenvalue weighted by Crippen LogP contribution is 2.25. The Morgan fingerprint density at radius 1 is 1.04 bits per heavy atom. The number of piperazine rings is 1. The molecule has 2 aromatic carbocycles. The molecule has 1 amide bonds. The molecule has 0 saturated carbocycles. The SMILES string of the molecule is O=C(c1cc(F)ccc1F)N1CCN(S(=O)(=O)c2cccc3nsnc23)CC1. The maximum atomic E-state index is 13.8. The van der Waals surface area contributed by atoms with E-state index < -0.39 is 27.6 Å². The average Bonchev–Trinajstić information content (AvgIpc) is 3.18. The van der Waals surface area contributed by atoms with E-state index in [1.807, 2.05) is 0 Å². The molecule has 2 heterocycles. The Kier molecular flexibility index (Phi) is 4.81. The lowest BCUT2D eigenvalue weighted by molar-refractivity contribution is 0.0692. The molecule has 0 atom stereocenters. The molecule has 4 rings (SSSR count). The van der Waals surface area contributed by atoms with Gasteiger partial charge < -0.3 is 4.90 Å². The molecule has 11 heteroatoms. The van der Waals surface area contributed by atoms with Crippen molar-refractivity contribution in [1.29, 1.82) is 0 Å². The van der Waals surface area contributed by atoms with Gasteiger partial charge in [0.25, 0.3) is 5.91 Å². The van der Waals surface area contributed by atoms with Gasteiger partial charge in [-0.25, -0.2) is 17.2 Å². The van der Waals surface area contributed by atoms with E-state index in [0.29, 0.717) is 11.0 Å². The van der Waals surface area contributed by atoms with E-state index in [-0.39, 0.29) is 36.6 Å². The predicted molar refractivity (Wildman–Crippen MR) is 98.4 cm³/mol. The fraction of sp³-hybridized carbons (Fsp3) is 0.235. The third-order valence-electron chi connectivity index (χ3n) is 4.55. The van der Waals surface area contributed by atoms with Crippen LogP contribution in [0.1, 0.15) is 10.4 Å². The average molecular weight is 424 g/mol. The highest BCUT2D eigenvalue weighted by molar-refractivity contribution is 7.89. The Balaban J connectivity index is 1.53. The predicted octanol–water partition coefficient (Wildman–Crippen LogP) is 2.12. The lowest BCUT2D eigenvalue weighted by Gasteiger charge is -2.34. The quantitative estimate of drug-likeness (QED) is 0.643. The summed E-state index contributed by atoms with van der Waals surface area (Å²) < 4.78 is 62.6. The van der Waals surface area contributed by atoms with Crippen molar-refractivity contribution < 1.29 is 22.0 Å². The summed E-state index contributed by atoms with van der Waals surface area (Å²) in [5.41, 5.74) is 0.448. The number of nitrogens with zero attached hydrogens (tertiary/aromatic N) is 4. The van der Waals surface area contributed by atoms with Gasteiger partial charge in [0.1, 0.15) is 27.6 Å². The molecule has 1 fully saturated rings. The number of rotatable bonds is 3. The smallest absolute Gasteiger partial charge is 0.257 e. The zero-order valence-electron chi connectivity index (χ0n) is 14.4. The van der Waals surface area contributed by atoms with Gasteiger partial charge in [-0.1, -0.05) is 6.07 Å². The first kappa shape index (κ1) is 18.8. The van der Waals surface area contributed by atoms with Crippen molar-refractivity contribution in [3.8, 4) is 0 Å². The van der Waals surface area contributed by atoms with Gasteiger partial charge in [-0.3, -0.25) is 4.79 Å². The van der Waals surface area contributed by atoms with E-state index in [9.17, 15) is 22.0 Å². The van der Waals surface area contributed by atoms with Crippen molar-refractivity contribution >= 4 is 38.7 Å². The molecule has 0 spiro atoms. The number of carbonyl (C=O) groups excluding carboxylic acids is 1. The lowest BCUT2D eigenvalue weighted by atomic mass is 10.1. The van der Waals surface area contributed by atoms with Gasteiger partial charge >= 0.3 is 0 Å². The van der Waals surface area contributed by atoms with Gasteiger partial charge in [0, 0.05) is 26.2 Å². The largest absolute Gasteiger partial charge is 0.336 e. The highest BCUT2D eigenvalue weighted by Gasteiger charge is 2.32. The Labute approximate surface area is 163 Å². The van der Waals surface area contributed by atoms with Crippen molar-refractivity contribution in [2.45, 2.75) is 4.90 Å². The maximum Gasteiger partial charge on any atom is 0.257 e. The van der Waals surface area contributed by atoms with E-state index in [1.54, 1.807) is 12.1 Å². The Morgan fingerprint density at radius 3 is 2.54 bits per heavy atom. The van der Waals surface area contributed by atoms with Crippen molar-refractivity contribution in [3.05, 3.63) is 53.6 Å². The molecule has 1 aliphatic rings. The molecule has 1 saturated heterocycles. The fourth-order valence-corrected chi connectivity index (χ4v) is 5.27. The van der Waals surface area contributed by atoms with Crippen LogP contribution in [0.15, 0.2) is 41.3 Å². The Bertz CT molecular complexity index is 1160. The van der Waals surface area contributed by atoms with Crippen molar-refractivity contribution in [2.75, 3.05) is 26.2 Å². The number of hydrogen-bond acceptors (Lipinski definition) is 6. The molecule has 3 aromatic rings. The first-order chi connectivity index (χ1) is 13.4. The van der Waals surface area contributed by atoms with E-state index in [2.05, 4.69) is 8.75 Å². The first-order valence-electron chi connectivity index (χ1n) is 8.34. The normalized spacial score (nSPS) is 15.9. The van der Waals surface area contributed by atoms with Crippen molar-refractivity contribution in [3.63, 3.8) is 0 Å². The molecule has 1 aromatic heterocycles. The zero-order valence-corrected chi connectivity index (χ0v) is 16.0. The molecule has 0 unspecified atom stereocenters. The second kappa shape index (κ2) is 7.15. The summed E-state index contributed by atoms with van der Waals surface area (Å²) in [5, 5.41) is 0. The molecule has 28 heavy (non-hydrogen) atoms. The highest BCUT2D eigenvalue weighted by atomic mass is 32.2. The minimum Gasteiger partial charge on any atom is -0.336 e. The van der Waals surface area contributed by atoms with Gasteiger partial charge in [-0.15, -0.1) is 0 Å². The number of hydrogen-bond donors (Lipinski definition) is 0. The van der Waals surface area contributed by atoms with Gasteiger partial charge in [0.15, 0.2) is 0 Å². The van der Waals surface area contributed by atoms with Crippen LogP contribution >= 0.6 is 11.7 Å². The van der Waals surface area contributed by atoms with Crippen LogP contribution in [0, 0.1) is 11.6 Å². The van der Waals surface area contributed by atoms with Gasteiger partial charge in [0.2, 0.25) is 10.0 Å². The molecule has 7 nitrogen and oxygen atoms in total. The number of aromatic nitrogens is 2. The molecule has 0 N–H and O–H groups in total. The molecular formula is C17H14F2N4O3S2. The standard InChI is InChI=1S/C17H14F2N4O3S2/c18-11-4-5-13(19)12(10-11)17(24)22-6-8-23(9-7-22)28(25,26)15-3-1-2-14-16(15)21-27-20-14/h1-5,10H,6-9H2. The minimum atomic E-state index is -3.82. The second-order valence-corrected chi connectivity index (χ2v) is 8.64. The molecule has 1 aliphatic heterocycles. The molecule has 0 bridgehead atoms. The number of fused-ring (bicyclic) bond motifs is 1. The first-order valence-corrected chi connectivity index (χ1v) is 10.5. The van der Waals surface area contributed by atoms with Crippen LogP contribution in [0.4, 0.5) is 8.78 Å². The van der Waals surface area contributed by atoms with Crippen molar-refractivity contribution in [1.82, 2.24) is 18.0 Å². The van der Waals surface area contributed by atoms with Crippen LogP contribution in [0.2, 0.25) is 0 Å². The number of carbonyl (C=O) groups is 1. The van der Waals surface area contributed by atoms with Crippen LogP contribution in [-0.4, -0.2) is 58.5 Å². The third kappa shape index (κ3) is 3.25. The summed E-state index contributed by atoms with van der Waals surface area (Å²) in [4.78, 5) is 13.9. The van der Waals surface area contributed by atoms with E-state index in [1.165, 1.54) is 15.3 Å². The number of amides is 1. The Morgan fingerprint density at radius 2 is 1.79 bits per heavy atom. The summed E-state index contributed by atoms with van der Waals surface area (Å²) in [6.45, 7) is 0.219. The summed E-state index contributed by atoms with van der Waals surface area (Å²) in [5.74, 6) is -2.19. The summed E-state index contributed by atoms with van der Waals surface area (Å²) in [6.07, 6.45) is 0. The van der Waals surface area contributed by atoms with Crippen molar-refractivity contribution in [2.24, 2.45) is 0 Å². The maximum absolute atomic E-state index is 13.8. The van der Waals surface area contributed by atoms with Crippen LogP contribution in [0.3, 0.4) is 0 Å². The summed E-state index contributed by atoms with van der Waals surface area (Å²) in [7, 11) is -3.82. The topological polar surface area (TPSA) is 83.5 Å². The summed E-state index contributed by atoms with van der Waals surface area (Å²) >= 11 is 0.932. The monoisotopic (exact) mass is 424 g/mol. The number of benzene rings is 2. The van der Waals surface area contributed by atoms with Crippen LogP contribution in [0.5, 0.6) is 0 Å². The van der Waals surface area contributed by atoms with Crippen LogP contribution in [-0.2, 0) is 10.0 Å². The third-order valence-corrected chi connectivity index (χ3v) is 7.02. The van der Waals surface area contributed by atoms with Gasteiger partial charge in [-0.2, -0.15) is 13.1 Å². The van der Waals surface area contributed by atoms with E-state index in [4.69, 9.17) is 0 Å².